The van der Waals surface area contributed by atoms with E-state index in [9.17, 15) is 9.18 Å². The third kappa shape index (κ3) is 6.76. The number of fused-ring (bicyclic) bond motifs is 1. The van der Waals surface area contributed by atoms with Gasteiger partial charge >= 0.3 is 6.15 Å². The van der Waals surface area contributed by atoms with Gasteiger partial charge in [-0.15, -0.1) is 0 Å². The van der Waals surface area contributed by atoms with E-state index in [0.29, 0.717) is 10.9 Å². The molecule has 3 rings (SSSR count). The Bertz CT molecular complexity index is 922. The highest BCUT2D eigenvalue weighted by atomic mass is 79.9. The van der Waals surface area contributed by atoms with Crippen molar-refractivity contribution in [3.8, 4) is 0 Å². The maximum atomic E-state index is 12.5. The predicted molar refractivity (Wildman–Crippen MR) is 94.1 cm³/mol. The Morgan fingerprint density at radius 3 is 2.48 bits per heavy atom. The number of halogens is 2. The van der Waals surface area contributed by atoms with Crippen molar-refractivity contribution in [3.05, 3.63) is 75.0 Å². The molecule has 0 fully saturated rings. The molecule has 0 aliphatic carbocycles. The van der Waals surface area contributed by atoms with Crippen LogP contribution in [-0.4, -0.2) is 16.1 Å². The maximum absolute atomic E-state index is 12.5. The van der Waals surface area contributed by atoms with E-state index in [-0.39, 0.29) is 23.6 Å². The number of nitrogens with one attached hydrogen (secondary N) is 1. The molecule has 0 amide bonds. The van der Waals surface area contributed by atoms with Crippen LogP contribution in [0.4, 0.5) is 4.39 Å². The number of hydrogen-bond donors (Lipinski definition) is 2. The monoisotopic (exact) mass is 407 g/mol. The van der Waals surface area contributed by atoms with E-state index in [2.05, 4.69) is 25.9 Å². The SMILES string of the molecule is CC(N)c1cccc(F)c1.O=C=O.O=c1[nH]cnc2ccc(Br)cc12. The number of benzene rings is 2. The molecule has 1 aromatic heterocycles. The third-order valence-electron chi connectivity index (χ3n) is 2.98. The first kappa shape index (κ1) is 20.4. The van der Waals surface area contributed by atoms with E-state index < -0.39 is 0 Å². The minimum absolute atomic E-state index is 0.0873. The van der Waals surface area contributed by atoms with Crippen LogP contribution >= 0.6 is 15.9 Å². The quantitative estimate of drug-likeness (QED) is 0.644. The summed E-state index contributed by atoms with van der Waals surface area (Å²) in [6, 6.07) is 11.7. The first-order valence-electron chi connectivity index (χ1n) is 7.02. The molecule has 0 bridgehead atoms. The van der Waals surface area contributed by atoms with Gasteiger partial charge in [0.1, 0.15) is 5.82 Å². The first-order valence-corrected chi connectivity index (χ1v) is 7.81. The summed E-state index contributed by atoms with van der Waals surface area (Å²) in [5.41, 5.74) is 6.95. The molecule has 130 valence electrons. The number of nitrogens with two attached hydrogens (primary N) is 1. The minimum atomic E-state index is -0.227. The Kier molecular flexibility index (Phi) is 8.35. The van der Waals surface area contributed by atoms with Crippen molar-refractivity contribution in [2.75, 3.05) is 0 Å². The predicted octanol–water partition coefficient (Wildman–Crippen LogP) is 2.95. The lowest BCUT2D eigenvalue weighted by molar-refractivity contribution is -0.191. The van der Waals surface area contributed by atoms with Crippen molar-refractivity contribution in [1.29, 1.82) is 0 Å². The van der Waals surface area contributed by atoms with E-state index in [4.69, 9.17) is 15.3 Å². The zero-order valence-electron chi connectivity index (χ0n) is 13.2. The van der Waals surface area contributed by atoms with E-state index in [1.54, 1.807) is 18.2 Å². The molecule has 1 atom stereocenters. The van der Waals surface area contributed by atoms with Gasteiger partial charge in [0.05, 0.1) is 17.2 Å². The van der Waals surface area contributed by atoms with E-state index >= 15 is 0 Å². The summed E-state index contributed by atoms with van der Waals surface area (Å²) >= 11 is 3.29. The average molecular weight is 408 g/mol. The Balaban J connectivity index is 0.000000220. The highest BCUT2D eigenvalue weighted by Crippen LogP contribution is 2.14. The molecule has 0 saturated heterocycles. The maximum Gasteiger partial charge on any atom is 0.373 e. The zero-order valence-corrected chi connectivity index (χ0v) is 14.8. The van der Waals surface area contributed by atoms with Crippen molar-refractivity contribution < 1.29 is 14.0 Å². The van der Waals surface area contributed by atoms with Gasteiger partial charge in [-0.05, 0) is 42.8 Å². The van der Waals surface area contributed by atoms with Crippen LogP contribution < -0.4 is 11.3 Å². The summed E-state index contributed by atoms with van der Waals surface area (Å²) in [7, 11) is 0. The van der Waals surface area contributed by atoms with Gasteiger partial charge in [-0.2, -0.15) is 9.59 Å². The van der Waals surface area contributed by atoms with Crippen LogP contribution in [0.5, 0.6) is 0 Å². The average Bonchev–Trinajstić information content (AvgIpc) is 2.57. The number of aromatic amines is 1. The molecule has 0 aliphatic rings. The van der Waals surface area contributed by atoms with Gasteiger partial charge in [0.2, 0.25) is 0 Å². The number of nitrogens with zero attached hydrogens (tertiary/aromatic N) is 1. The lowest BCUT2D eigenvalue weighted by Gasteiger charge is -2.03. The molecular formula is C17H15BrFN3O3. The molecule has 0 spiro atoms. The molecule has 1 heterocycles. The second-order valence-corrected chi connectivity index (χ2v) is 5.74. The summed E-state index contributed by atoms with van der Waals surface area (Å²) in [5.74, 6) is -0.227. The topological polar surface area (TPSA) is 106 Å². The Labute approximate surface area is 151 Å². The van der Waals surface area contributed by atoms with Gasteiger partial charge in [0.15, 0.2) is 0 Å². The van der Waals surface area contributed by atoms with Gasteiger partial charge in [0, 0.05) is 10.5 Å². The van der Waals surface area contributed by atoms with E-state index in [1.165, 1.54) is 18.5 Å². The van der Waals surface area contributed by atoms with Crippen molar-refractivity contribution >= 4 is 33.0 Å². The Morgan fingerprint density at radius 1 is 1.24 bits per heavy atom. The Morgan fingerprint density at radius 2 is 1.92 bits per heavy atom. The van der Waals surface area contributed by atoms with Crippen LogP contribution in [0.15, 0.2) is 58.1 Å². The molecule has 0 aliphatic heterocycles. The first-order chi connectivity index (χ1) is 11.9. The van der Waals surface area contributed by atoms with Crippen LogP contribution in [0.1, 0.15) is 18.5 Å². The molecular weight excluding hydrogens is 393 g/mol. The second-order valence-electron chi connectivity index (χ2n) is 4.82. The van der Waals surface area contributed by atoms with Gasteiger partial charge < -0.3 is 10.7 Å². The summed E-state index contributed by atoms with van der Waals surface area (Å²) in [4.78, 5) is 34.0. The van der Waals surface area contributed by atoms with Crippen LogP contribution in [-0.2, 0) is 9.59 Å². The van der Waals surface area contributed by atoms with Crippen LogP contribution in [0.2, 0.25) is 0 Å². The van der Waals surface area contributed by atoms with Crippen molar-refractivity contribution in [1.82, 2.24) is 9.97 Å². The summed E-state index contributed by atoms with van der Waals surface area (Å²) in [6.45, 7) is 1.83. The summed E-state index contributed by atoms with van der Waals surface area (Å²) < 4.78 is 13.4. The van der Waals surface area contributed by atoms with Gasteiger partial charge in [-0.25, -0.2) is 9.37 Å². The lowest BCUT2D eigenvalue weighted by Crippen LogP contribution is -2.05. The number of H-pyrrole nitrogens is 1. The summed E-state index contributed by atoms with van der Waals surface area (Å²) in [6.07, 6.45) is 1.65. The molecule has 0 saturated carbocycles. The van der Waals surface area contributed by atoms with Gasteiger partial charge in [0.25, 0.3) is 5.56 Å². The number of rotatable bonds is 1. The standard InChI is InChI=1S/C8H5BrN2O.C8H10FN.CO2/c9-5-1-2-7-6(3-5)8(12)11-4-10-7;1-6(10)7-3-2-4-8(9)5-7;2-1-3/h1-4H,(H,10,11,12);2-6H,10H2,1H3;. The van der Waals surface area contributed by atoms with Crippen molar-refractivity contribution in [3.63, 3.8) is 0 Å². The number of hydrogen-bond acceptors (Lipinski definition) is 5. The van der Waals surface area contributed by atoms with Gasteiger partial charge in [-0.1, -0.05) is 28.1 Å². The molecule has 1 unspecified atom stereocenters. The fourth-order valence-electron chi connectivity index (χ4n) is 1.83. The van der Waals surface area contributed by atoms with Crippen molar-refractivity contribution in [2.45, 2.75) is 13.0 Å². The largest absolute Gasteiger partial charge is 0.373 e. The molecule has 6 nitrogen and oxygen atoms in total. The van der Waals surface area contributed by atoms with Gasteiger partial charge in [-0.3, -0.25) is 4.79 Å². The van der Waals surface area contributed by atoms with Crippen LogP contribution in [0, 0.1) is 5.82 Å². The second kappa shape index (κ2) is 10.2. The fourth-order valence-corrected chi connectivity index (χ4v) is 2.19. The van der Waals surface area contributed by atoms with Crippen LogP contribution in [0.3, 0.4) is 0 Å². The molecule has 3 N–H and O–H groups in total. The third-order valence-corrected chi connectivity index (χ3v) is 3.47. The highest BCUT2D eigenvalue weighted by Gasteiger charge is 1.99. The zero-order chi connectivity index (χ0) is 18.8. The summed E-state index contributed by atoms with van der Waals surface area (Å²) in [5, 5.41) is 0.604. The van der Waals surface area contributed by atoms with E-state index in [0.717, 1.165) is 10.0 Å². The molecule has 3 aromatic rings. The number of aromatic nitrogens is 2. The number of carbonyl (C=O) groups excluding carboxylic acids is 2. The fraction of sp³-hybridized carbons (Fsp3) is 0.118. The Hall–Kier alpha value is -2.67. The molecule has 25 heavy (non-hydrogen) atoms. The smallest absolute Gasteiger partial charge is 0.324 e. The van der Waals surface area contributed by atoms with Crippen molar-refractivity contribution in [2.24, 2.45) is 5.73 Å². The molecule has 0 radical (unpaired) electrons. The minimum Gasteiger partial charge on any atom is -0.324 e. The lowest BCUT2D eigenvalue weighted by atomic mass is 10.1. The highest BCUT2D eigenvalue weighted by molar-refractivity contribution is 9.10. The van der Waals surface area contributed by atoms with E-state index in [1.807, 2.05) is 19.1 Å². The normalized spacial score (nSPS) is 10.6. The molecule has 8 heteroatoms. The van der Waals surface area contributed by atoms with Crippen LogP contribution in [0.25, 0.3) is 10.9 Å². The molecule has 2 aromatic carbocycles.